The van der Waals surface area contributed by atoms with Crippen LogP contribution in [0.1, 0.15) is 70.0 Å². The van der Waals surface area contributed by atoms with Gasteiger partial charge in [0, 0.05) is 39.1 Å². The summed E-state index contributed by atoms with van der Waals surface area (Å²) in [6.45, 7) is 7.13. The molecule has 0 amide bonds. The number of halogens is 2. The number of hydrogen-bond acceptors (Lipinski definition) is 9. The number of carbonyl (C=O) groups is 4. The maximum atomic E-state index is 14.4. The summed E-state index contributed by atoms with van der Waals surface area (Å²) < 4.78 is 44.8. The maximum Gasteiger partial charge on any atom is 0.309 e. The minimum atomic E-state index is -1.00. The number of methoxy groups -OCH3 is 3. The number of ether oxygens (including phenoxy) is 3. The normalized spacial score (nSPS) is 12.3. The highest BCUT2D eigenvalue weighted by Crippen LogP contribution is 2.40. The van der Waals surface area contributed by atoms with Crippen LogP contribution in [0.15, 0.2) is 24.3 Å². The first-order valence-corrected chi connectivity index (χ1v) is 15.8. The third-order valence-electron chi connectivity index (χ3n) is 7.65. The van der Waals surface area contributed by atoms with Crippen molar-refractivity contribution in [3.8, 4) is 11.5 Å². The van der Waals surface area contributed by atoms with E-state index in [9.17, 15) is 28.0 Å². The average molecular weight is 663 g/mol. The van der Waals surface area contributed by atoms with Crippen molar-refractivity contribution in [3.63, 3.8) is 0 Å². The number of fused-ring (bicyclic) bond motifs is 2. The van der Waals surface area contributed by atoms with E-state index in [0.29, 0.717) is 38.2 Å². The molecule has 0 saturated carbocycles. The Hall–Kier alpha value is -3.90. The van der Waals surface area contributed by atoms with Gasteiger partial charge in [-0.25, -0.2) is 8.78 Å². The SMILES string of the molecule is CCC(CC(=O)c1cc2c(F)c(C)c(C)cc2s1)C(=O)OC.CCC(CC(=O)c1cc2c(F)c(OC)c(OC)cc2s1)C(=O)O. The van der Waals surface area contributed by atoms with Gasteiger partial charge in [-0.15, -0.1) is 22.7 Å². The molecule has 2 atom stereocenters. The molecular weight excluding hydrogens is 626 g/mol. The number of ketones is 2. The molecule has 0 saturated heterocycles. The molecule has 0 aliphatic heterocycles. The molecule has 0 aliphatic rings. The predicted octanol–water partition coefficient (Wildman–Crippen LogP) is 8.17. The van der Waals surface area contributed by atoms with Gasteiger partial charge < -0.3 is 19.3 Å². The number of hydrogen-bond donors (Lipinski definition) is 1. The fourth-order valence-corrected chi connectivity index (χ4v) is 6.84. The first kappa shape index (κ1) is 35.6. The molecule has 0 bridgehead atoms. The molecule has 4 rings (SSSR count). The molecule has 12 heteroatoms. The van der Waals surface area contributed by atoms with E-state index in [0.717, 1.165) is 21.6 Å². The maximum absolute atomic E-state index is 14.4. The van der Waals surface area contributed by atoms with E-state index in [1.165, 1.54) is 38.7 Å². The molecule has 2 aromatic carbocycles. The Morgan fingerprint density at radius 1 is 0.778 bits per heavy atom. The second kappa shape index (κ2) is 15.4. The fourth-order valence-electron chi connectivity index (χ4n) is 4.70. The van der Waals surface area contributed by atoms with Crippen molar-refractivity contribution in [1.29, 1.82) is 0 Å². The topological polar surface area (TPSA) is 116 Å². The van der Waals surface area contributed by atoms with Gasteiger partial charge in [0.1, 0.15) is 5.82 Å². The molecule has 4 aromatic rings. The van der Waals surface area contributed by atoms with Crippen molar-refractivity contribution in [3.05, 3.63) is 56.8 Å². The van der Waals surface area contributed by atoms with Crippen LogP contribution < -0.4 is 9.47 Å². The smallest absolute Gasteiger partial charge is 0.309 e. The molecule has 2 unspecified atom stereocenters. The van der Waals surface area contributed by atoms with Gasteiger partial charge in [-0.1, -0.05) is 13.8 Å². The molecule has 0 spiro atoms. The van der Waals surface area contributed by atoms with Crippen LogP contribution in [0.2, 0.25) is 0 Å². The number of esters is 1. The molecular formula is C33H36F2O8S2. The molecule has 2 heterocycles. The van der Waals surface area contributed by atoms with Gasteiger partial charge in [-0.2, -0.15) is 0 Å². The number of rotatable bonds is 12. The van der Waals surface area contributed by atoms with E-state index in [-0.39, 0.29) is 53.1 Å². The highest BCUT2D eigenvalue weighted by Gasteiger charge is 2.25. The van der Waals surface area contributed by atoms with Gasteiger partial charge >= 0.3 is 11.9 Å². The summed E-state index contributed by atoms with van der Waals surface area (Å²) in [5.74, 6) is -3.66. The largest absolute Gasteiger partial charge is 0.493 e. The Balaban J connectivity index is 0.000000246. The highest BCUT2D eigenvalue weighted by atomic mass is 32.1. The minimum Gasteiger partial charge on any atom is -0.493 e. The molecule has 242 valence electrons. The second-order valence-corrected chi connectivity index (χ2v) is 12.6. The van der Waals surface area contributed by atoms with Crippen molar-refractivity contribution in [1.82, 2.24) is 0 Å². The van der Waals surface area contributed by atoms with Crippen LogP contribution in [0.25, 0.3) is 20.2 Å². The Kier molecular flexibility index (Phi) is 12.2. The van der Waals surface area contributed by atoms with Crippen LogP contribution in [-0.2, 0) is 14.3 Å². The lowest BCUT2D eigenvalue weighted by Gasteiger charge is -2.10. The zero-order valence-corrected chi connectivity index (χ0v) is 27.8. The summed E-state index contributed by atoms with van der Waals surface area (Å²) >= 11 is 2.39. The van der Waals surface area contributed by atoms with Crippen molar-refractivity contribution in [2.24, 2.45) is 11.8 Å². The fraction of sp³-hybridized carbons (Fsp3) is 0.394. The molecule has 0 radical (unpaired) electrons. The molecule has 45 heavy (non-hydrogen) atoms. The first-order valence-electron chi connectivity index (χ1n) is 14.2. The summed E-state index contributed by atoms with van der Waals surface area (Å²) in [6.07, 6.45) is 0.891. The third-order valence-corrected chi connectivity index (χ3v) is 9.90. The first-order chi connectivity index (χ1) is 21.3. The number of carboxylic acids is 1. The van der Waals surface area contributed by atoms with Crippen LogP contribution in [0, 0.1) is 37.3 Å². The van der Waals surface area contributed by atoms with E-state index in [2.05, 4.69) is 0 Å². The molecule has 1 N–H and O–H groups in total. The number of aliphatic carboxylic acids is 1. The van der Waals surface area contributed by atoms with Gasteiger partial charge in [0.25, 0.3) is 0 Å². The Morgan fingerprint density at radius 3 is 1.76 bits per heavy atom. The van der Waals surface area contributed by atoms with Crippen molar-refractivity contribution < 1.29 is 47.3 Å². The molecule has 8 nitrogen and oxygen atoms in total. The van der Waals surface area contributed by atoms with E-state index in [1.54, 1.807) is 26.0 Å². The third kappa shape index (κ3) is 7.85. The van der Waals surface area contributed by atoms with Crippen LogP contribution in [0.5, 0.6) is 11.5 Å². The predicted molar refractivity (Wildman–Crippen MR) is 171 cm³/mol. The summed E-state index contributed by atoms with van der Waals surface area (Å²) in [4.78, 5) is 48.1. The standard InChI is InChI=1S/C17H19FO3S.C16H17FO5S/c1-5-11(17(20)21-4)7-13(19)15-8-12-14(22-15)6-9(2)10(3)16(12)18;1-4-8(16(19)20)5-10(18)13-6-9-12(23-13)7-11(21-2)15(22-3)14(9)17/h6,8,11H,5,7H2,1-4H3;6-8H,4-5H2,1-3H3,(H,19,20). The lowest BCUT2D eigenvalue weighted by Crippen LogP contribution is -2.18. The van der Waals surface area contributed by atoms with Crippen LogP contribution in [-0.4, -0.2) is 49.9 Å². The quantitative estimate of drug-likeness (QED) is 0.119. The van der Waals surface area contributed by atoms with Crippen molar-refractivity contribution in [2.45, 2.75) is 53.4 Å². The van der Waals surface area contributed by atoms with Gasteiger partial charge in [-0.3, -0.25) is 19.2 Å². The summed E-state index contributed by atoms with van der Waals surface area (Å²) in [5.41, 5.74) is 1.47. The van der Waals surface area contributed by atoms with E-state index in [1.807, 2.05) is 19.9 Å². The lowest BCUT2D eigenvalue weighted by molar-refractivity contribution is -0.145. The van der Waals surface area contributed by atoms with Crippen molar-refractivity contribution >= 4 is 66.4 Å². The zero-order valence-electron chi connectivity index (χ0n) is 26.2. The van der Waals surface area contributed by atoms with E-state index in [4.69, 9.17) is 19.3 Å². The second-order valence-electron chi connectivity index (χ2n) is 10.4. The highest BCUT2D eigenvalue weighted by molar-refractivity contribution is 7.21. The van der Waals surface area contributed by atoms with Gasteiger partial charge in [0.2, 0.25) is 0 Å². The number of Topliss-reactive ketones (excluding diaryl/α,β-unsaturated/α-hetero) is 2. The van der Waals surface area contributed by atoms with Crippen molar-refractivity contribution in [2.75, 3.05) is 21.3 Å². The van der Waals surface area contributed by atoms with Crippen LogP contribution in [0.3, 0.4) is 0 Å². The van der Waals surface area contributed by atoms with E-state index >= 15 is 0 Å². The monoisotopic (exact) mass is 662 g/mol. The molecule has 0 fully saturated rings. The Bertz CT molecular complexity index is 1740. The number of benzene rings is 2. The summed E-state index contributed by atoms with van der Waals surface area (Å²) in [7, 11) is 4.06. The minimum absolute atomic E-state index is 0.0197. The van der Waals surface area contributed by atoms with Gasteiger partial charge in [-0.05, 0) is 56.0 Å². The Morgan fingerprint density at radius 2 is 1.29 bits per heavy atom. The number of aryl methyl sites for hydroxylation is 1. The van der Waals surface area contributed by atoms with E-state index < -0.39 is 23.6 Å². The van der Waals surface area contributed by atoms with Crippen LogP contribution >= 0.6 is 22.7 Å². The number of carbonyl (C=O) groups excluding carboxylic acids is 3. The molecule has 2 aromatic heterocycles. The average Bonchev–Trinajstić information content (AvgIpc) is 3.66. The Labute approximate surface area is 267 Å². The van der Waals surface area contributed by atoms with Gasteiger partial charge in [0.05, 0.1) is 42.9 Å². The summed E-state index contributed by atoms with van der Waals surface area (Å²) in [5, 5.41) is 9.79. The summed E-state index contributed by atoms with van der Waals surface area (Å²) in [6, 6.07) is 6.53. The van der Waals surface area contributed by atoms with Crippen LogP contribution in [0.4, 0.5) is 8.78 Å². The number of thiophene rings is 2. The number of carboxylic acid groups (broad SMARTS) is 1. The van der Waals surface area contributed by atoms with Gasteiger partial charge in [0.15, 0.2) is 28.9 Å². The zero-order chi connectivity index (χ0) is 33.6. The molecule has 0 aliphatic carbocycles. The lowest BCUT2D eigenvalue weighted by atomic mass is 9.99.